The van der Waals surface area contributed by atoms with Crippen LogP contribution in [0.15, 0.2) is 17.3 Å². The molecule has 146 valence electrons. The SMILES string of the molecule is Cc1ncn(CC2CCN(CC3OCCc4c3cnn4C)CC2)c(=O)c1C. The van der Waals surface area contributed by atoms with E-state index in [1.807, 2.05) is 31.8 Å². The van der Waals surface area contributed by atoms with E-state index in [0.717, 1.165) is 63.3 Å². The number of nitrogens with zero attached hydrogens (tertiary/aromatic N) is 5. The summed E-state index contributed by atoms with van der Waals surface area (Å²) in [5, 5.41) is 4.40. The molecule has 7 nitrogen and oxygen atoms in total. The monoisotopic (exact) mass is 371 g/mol. The number of hydrogen-bond acceptors (Lipinski definition) is 5. The molecule has 1 fully saturated rings. The number of hydrogen-bond donors (Lipinski definition) is 0. The van der Waals surface area contributed by atoms with Gasteiger partial charge in [0.2, 0.25) is 0 Å². The molecular weight excluding hydrogens is 342 g/mol. The Morgan fingerprint density at radius 2 is 2.00 bits per heavy atom. The Balaban J connectivity index is 1.34. The van der Waals surface area contributed by atoms with E-state index in [4.69, 9.17) is 4.74 Å². The van der Waals surface area contributed by atoms with Gasteiger partial charge in [0, 0.05) is 49.1 Å². The number of fused-ring (bicyclic) bond motifs is 1. The average molecular weight is 371 g/mol. The lowest BCUT2D eigenvalue weighted by Gasteiger charge is -2.35. The molecule has 0 spiro atoms. The zero-order valence-electron chi connectivity index (χ0n) is 16.5. The molecule has 4 rings (SSSR count). The van der Waals surface area contributed by atoms with Crippen LogP contribution in [0.4, 0.5) is 0 Å². The first kappa shape index (κ1) is 18.4. The summed E-state index contributed by atoms with van der Waals surface area (Å²) in [6.07, 6.45) is 6.95. The van der Waals surface area contributed by atoms with E-state index >= 15 is 0 Å². The molecule has 7 heteroatoms. The maximum atomic E-state index is 12.4. The molecule has 0 saturated carbocycles. The van der Waals surface area contributed by atoms with Crippen molar-refractivity contribution in [1.29, 1.82) is 0 Å². The second kappa shape index (κ2) is 7.56. The topological polar surface area (TPSA) is 65.2 Å². The quantitative estimate of drug-likeness (QED) is 0.817. The van der Waals surface area contributed by atoms with Crippen LogP contribution in [0.25, 0.3) is 0 Å². The minimum Gasteiger partial charge on any atom is -0.372 e. The minimum absolute atomic E-state index is 0.102. The predicted molar refractivity (Wildman–Crippen MR) is 103 cm³/mol. The van der Waals surface area contributed by atoms with Crippen LogP contribution in [0, 0.1) is 19.8 Å². The lowest BCUT2D eigenvalue weighted by atomic mass is 9.95. The van der Waals surface area contributed by atoms with Gasteiger partial charge in [-0.3, -0.25) is 14.0 Å². The van der Waals surface area contributed by atoms with Gasteiger partial charge >= 0.3 is 0 Å². The summed E-state index contributed by atoms with van der Waals surface area (Å²) in [7, 11) is 2.01. The molecule has 4 heterocycles. The minimum atomic E-state index is 0.102. The van der Waals surface area contributed by atoms with Crippen molar-refractivity contribution >= 4 is 0 Å². The highest BCUT2D eigenvalue weighted by Crippen LogP contribution is 2.29. The third kappa shape index (κ3) is 3.71. The predicted octanol–water partition coefficient (Wildman–Crippen LogP) is 1.62. The fourth-order valence-corrected chi connectivity index (χ4v) is 4.26. The van der Waals surface area contributed by atoms with Crippen LogP contribution in [0.3, 0.4) is 0 Å². The molecule has 0 amide bonds. The molecule has 1 saturated heterocycles. The molecule has 1 atom stereocenters. The van der Waals surface area contributed by atoms with E-state index in [9.17, 15) is 4.79 Å². The Morgan fingerprint density at radius 3 is 2.78 bits per heavy atom. The molecule has 0 N–H and O–H groups in total. The Morgan fingerprint density at radius 1 is 1.22 bits per heavy atom. The summed E-state index contributed by atoms with van der Waals surface area (Å²) >= 11 is 0. The van der Waals surface area contributed by atoms with E-state index in [1.54, 1.807) is 10.9 Å². The van der Waals surface area contributed by atoms with E-state index in [1.165, 1.54) is 11.3 Å². The number of aromatic nitrogens is 4. The summed E-state index contributed by atoms with van der Waals surface area (Å²) in [4.78, 5) is 19.2. The Hall–Kier alpha value is -1.99. The molecule has 0 radical (unpaired) electrons. The summed E-state index contributed by atoms with van der Waals surface area (Å²) < 4.78 is 9.80. The van der Waals surface area contributed by atoms with Crippen molar-refractivity contribution in [3.05, 3.63) is 45.4 Å². The van der Waals surface area contributed by atoms with Gasteiger partial charge in [-0.05, 0) is 45.7 Å². The molecule has 2 aromatic heterocycles. The molecule has 2 aromatic rings. The summed E-state index contributed by atoms with van der Waals surface area (Å²) in [6.45, 7) is 8.32. The van der Waals surface area contributed by atoms with E-state index in [2.05, 4.69) is 15.0 Å². The first-order chi connectivity index (χ1) is 13.0. The number of piperidine rings is 1. The van der Waals surface area contributed by atoms with Crippen molar-refractivity contribution < 1.29 is 4.74 Å². The molecule has 2 aliphatic rings. The summed E-state index contributed by atoms with van der Waals surface area (Å²) in [6, 6.07) is 0. The number of rotatable bonds is 4. The average Bonchev–Trinajstić information content (AvgIpc) is 3.06. The third-order valence-electron chi connectivity index (χ3n) is 6.20. The van der Waals surface area contributed by atoms with Gasteiger partial charge in [-0.1, -0.05) is 0 Å². The van der Waals surface area contributed by atoms with Gasteiger partial charge in [-0.25, -0.2) is 4.98 Å². The van der Waals surface area contributed by atoms with Crippen molar-refractivity contribution in [3.63, 3.8) is 0 Å². The van der Waals surface area contributed by atoms with Gasteiger partial charge in [0.25, 0.3) is 5.56 Å². The molecule has 0 aliphatic carbocycles. The molecule has 1 unspecified atom stereocenters. The van der Waals surface area contributed by atoms with Crippen molar-refractivity contribution in [3.8, 4) is 0 Å². The highest BCUT2D eigenvalue weighted by Gasteiger charge is 2.28. The zero-order valence-corrected chi connectivity index (χ0v) is 16.5. The van der Waals surface area contributed by atoms with Gasteiger partial charge in [0.1, 0.15) is 0 Å². The van der Waals surface area contributed by atoms with Gasteiger partial charge in [0.15, 0.2) is 0 Å². The third-order valence-corrected chi connectivity index (χ3v) is 6.20. The zero-order chi connectivity index (χ0) is 19.0. The Kier molecular flexibility index (Phi) is 5.14. The van der Waals surface area contributed by atoms with Crippen LogP contribution in [0.5, 0.6) is 0 Å². The van der Waals surface area contributed by atoms with Gasteiger partial charge in [-0.2, -0.15) is 5.10 Å². The highest BCUT2D eigenvalue weighted by atomic mass is 16.5. The fraction of sp³-hybridized carbons (Fsp3) is 0.650. The van der Waals surface area contributed by atoms with Gasteiger partial charge < -0.3 is 9.64 Å². The van der Waals surface area contributed by atoms with Crippen LogP contribution < -0.4 is 5.56 Å². The normalized spacial score (nSPS) is 21.4. The van der Waals surface area contributed by atoms with Crippen molar-refractivity contribution in [2.45, 2.75) is 45.8 Å². The second-order valence-corrected chi connectivity index (χ2v) is 7.94. The standard InChI is InChI=1S/C20H29N5O2/c1-14-15(2)21-13-25(20(14)26)11-16-4-7-24(8-5-16)12-19-17-10-22-23(3)18(17)6-9-27-19/h10,13,16,19H,4-9,11-12H2,1-3H3. The molecule has 0 bridgehead atoms. The first-order valence-electron chi connectivity index (χ1n) is 9.90. The van der Waals surface area contributed by atoms with Crippen LogP contribution in [-0.2, 0) is 24.8 Å². The first-order valence-corrected chi connectivity index (χ1v) is 9.90. The second-order valence-electron chi connectivity index (χ2n) is 7.94. The van der Waals surface area contributed by atoms with E-state index in [-0.39, 0.29) is 11.7 Å². The molecular formula is C20H29N5O2. The highest BCUT2D eigenvalue weighted by molar-refractivity contribution is 5.23. The summed E-state index contributed by atoms with van der Waals surface area (Å²) in [5.41, 5.74) is 4.25. The largest absolute Gasteiger partial charge is 0.372 e. The van der Waals surface area contributed by atoms with Crippen LogP contribution in [-0.4, -0.2) is 50.5 Å². The van der Waals surface area contributed by atoms with Crippen molar-refractivity contribution in [2.24, 2.45) is 13.0 Å². The maximum Gasteiger partial charge on any atom is 0.256 e. The lowest BCUT2D eigenvalue weighted by molar-refractivity contribution is 0.00714. The van der Waals surface area contributed by atoms with Crippen molar-refractivity contribution in [1.82, 2.24) is 24.2 Å². The van der Waals surface area contributed by atoms with E-state index < -0.39 is 0 Å². The van der Waals surface area contributed by atoms with Crippen LogP contribution in [0.2, 0.25) is 0 Å². The number of aryl methyl sites for hydroxylation is 2. The Bertz CT molecular complexity index is 864. The van der Waals surface area contributed by atoms with Gasteiger partial charge in [-0.15, -0.1) is 0 Å². The maximum absolute atomic E-state index is 12.4. The lowest BCUT2D eigenvalue weighted by Crippen LogP contribution is -2.39. The molecule has 0 aromatic carbocycles. The summed E-state index contributed by atoms with van der Waals surface area (Å²) in [5.74, 6) is 0.532. The molecule has 27 heavy (non-hydrogen) atoms. The number of likely N-dealkylation sites (tertiary alicyclic amines) is 1. The fourth-order valence-electron chi connectivity index (χ4n) is 4.26. The molecule has 2 aliphatic heterocycles. The van der Waals surface area contributed by atoms with Crippen molar-refractivity contribution in [2.75, 3.05) is 26.2 Å². The smallest absolute Gasteiger partial charge is 0.256 e. The Labute approximate surface area is 160 Å². The van der Waals surface area contributed by atoms with E-state index in [0.29, 0.717) is 5.92 Å². The van der Waals surface area contributed by atoms with Gasteiger partial charge in [0.05, 0.1) is 25.2 Å². The van der Waals surface area contributed by atoms with Crippen LogP contribution in [0.1, 0.15) is 41.5 Å². The van der Waals surface area contributed by atoms with Crippen LogP contribution >= 0.6 is 0 Å². The number of ether oxygens (including phenoxy) is 1.